The highest BCUT2D eigenvalue weighted by Gasteiger charge is 2.50. The second-order valence-corrected chi connectivity index (χ2v) is 14.3. The maximum absolute atomic E-state index is 14.1. The summed E-state index contributed by atoms with van der Waals surface area (Å²) in [5.74, 6) is 0.735. The second kappa shape index (κ2) is 10.9. The summed E-state index contributed by atoms with van der Waals surface area (Å²) < 4.78 is 17.8. The predicted octanol–water partition coefficient (Wildman–Crippen LogP) is 4.86. The average molecular weight is 593 g/mol. The highest BCUT2D eigenvalue weighted by atomic mass is 16.6. The topological polar surface area (TPSA) is 120 Å². The first-order valence-electron chi connectivity index (χ1n) is 15.7. The fraction of sp³-hybridized carbons (Fsp3) is 0.667. The lowest BCUT2D eigenvalue weighted by Gasteiger charge is -2.35. The lowest BCUT2D eigenvalue weighted by molar-refractivity contribution is -0.141. The quantitative estimate of drug-likeness (QED) is 0.525. The zero-order valence-corrected chi connectivity index (χ0v) is 26.1. The molecule has 3 fully saturated rings. The molecule has 6 rings (SSSR count). The molecule has 4 aliphatic rings. The van der Waals surface area contributed by atoms with Crippen LogP contribution in [-0.2, 0) is 20.7 Å². The summed E-state index contributed by atoms with van der Waals surface area (Å²) in [5, 5.41) is 2.86. The van der Waals surface area contributed by atoms with Crippen molar-refractivity contribution >= 4 is 28.8 Å². The van der Waals surface area contributed by atoms with E-state index >= 15 is 0 Å². The number of nitrogens with zero attached hydrogens (tertiary/aromatic N) is 3. The zero-order valence-electron chi connectivity index (χ0n) is 26.1. The van der Waals surface area contributed by atoms with Gasteiger partial charge < -0.3 is 24.4 Å². The van der Waals surface area contributed by atoms with Crippen LogP contribution in [0.2, 0.25) is 0 Å². The number of amides is 2. The van der Waals surface area contributed by atoms with Crippen LogP contribution in [0.1, 0.15) is 78.8 Å². The molecule has 2 aliphatic heterocycles. The Bertz CT molecular complexity index is 1430. The van der Waals surface area contributed by atoms with Crippen LogP contribution in [0.25, 0.3) is 11.0 Å². The Morgan fingerprint density at radius 3 is 2.51 bits per heavy atom. The third-order valence-corrected chi connectivity index (χ3v) is 10.1. The number of ketones is 1. The van der Waals surface area contributed by atoms with Crippen LogP contribution in [0.15, 0.2) is 18.2 Å². The van der Waals surface area contributed by atoms with Crippen LogP contribution >= 0.6 is 0 Å². The molecule has 1 aromatic heterocycles. The highest BCUT2D eigenvalue weighted by Crippen LogP contribution is 2.55. The summed E-state index contributed by atoms with van der Waals surface area (Å²) >= 11 is 0. The Kier molecular flexibility index (Phi) is 7.53. The van der Waals surface area contributed by atoms with E-state index in [1.54, 1.807) is 12.0 Å². The summed E-state index contributed by atoms with van der Waals surface area (Å²) in [6.07, 6.45) is 5.86. The van der Waals surface area contributed by atoms with Crippen LogP contribution in [0, 0.1) is 22.7 Å². The number of fused-ring (bicyclic) bond motifs is 5. The average Bonchev–Trinajstić information content (AvgIpc) is 3.86. The smallest absolute Gasteiger partial charge is 0.408 e. The van der Waals surface area contributed by atoms with Gasteiger partial charge in [0.2, 0.25) is 11.8 Å². The number of benzene rings is 1. The molecule has 2 bridgehead atoms. The molecule has 2 aliphatic carbocycles. The molecule has 1 N–H and O–H groups in total. The summed E-state index contributed by atoms with van der Waals surface area (Å²) in [6.45, 7) is 9.33. The van der Waals surface area contributed by atoms with Gasteiger partial charge in [-0.15, -0.1) is 0 Å². The maximum Gasteiger partial charge on any atom is 0.408 e. The van der Waals surface area contributed by atoms with Crippen LogP contribution in [0.5, 0.6) is 11.6 Å². The van der Waals surface area contributed by atoms with Gasteiger partial charge in [0, 0.05) is 12.0 Å². The van der Waals surface area contributed by atoms with Gasteiger partial charge >= 0.3 is 6.09 Å². The Balaban J connectivity index is 1.38. The number of nitrogens with one attached hydrogen (secondary N) is 1. The molecule has 3 heterocycles. The van der Waals surface area contributed by atoms with Gasteiger partial charge in [-0.1, -0.05) is 27.7 Å². The Morgan fingerprint density at radius 1 is 1.07 bits per heavy atom. The first-order chi connectivity index (χ1) is 20.4. The number of aryl methyl sites for hydroxylation is 1. The van der Waals surface area contributed by atoms with Gasteiger partial charge in [-0.3, -0.25) is 9.59 Å². The molecule has 1 spiro atoms. The molecule has 2 amide bonds. The van der Waals surface area contributed by atoms with Crippen molar-refractivity contribution in [3.05, 3.63) is 23.9 Å². The third-order valence-electron chi connectivity index (χ3n) is 10.1. The van der Waals surface area contributed by atoms with Gasteiger partial charge in [0.15, 0.2) is 5.78 Å². The molecule has 1 aromatic carbocycles. The van der Waals surface area contributed by atoms with Crippen molar-refractivity contribution < 1.29 is 28.6 Å². The largest absolute Gasteiger partial charge is 0.497 e. The summed E-state index contributed by atoms with van der Waals surface area (Å²) in [6, 6.07) is 4.07. The SMILES string of the molecule is COc1ccc2nc3c(nc2c1)O[C@H]1CN(C(=O)[C@H](C(C)(C)C)NC(=O)O[C@@H]2C[C@H]2CCC2(CC3)CC2)[C@H](C(C)=O)[C@@H]1C. The van der Waals surface area contributed by atoms with E-state index in [1.165, 1.54) is 19.8 Å². The summed E-state index contributed by atoms with van der Waals surface area (Å²) in [4.78, 5) is 51.6. The number of rotatable bonds is 2. The molecule has 232 valence electrons. The van der Waals surface area contributed by atoms with E-state index in [-0.39, 0.29) is 35.7 Å². The fourth-order valence-electron chi connectivity index (χ4n) is 6.95. The van der Waals surface area contributed by atoms with Crippen molar-refractivity contribution in [2.24, 2.45) is 22.7 Å². The molecule has 2 aromatic rings. The van der Waals surface area contributed by atoms with Crippen molar-refractivity contribution in [3.63, 3.8) is 0 Å². The third kappa shape index (κ3) is 6.02. The van der Waals surface area contributed by atoms with Gasteiger partial charge in [0.25, 0.3) is 0 Å². The molecule has 10 nitrogen and oxygen atoms in total. The predicted molar refractivity (Wildman–Crippen MR) is 160 cm³/mol. The number of hydrogen-bond donors (Lipinski definition) is 1. The Hall–Kier alpha value is -3.43. The fourth-order valence-corrected chi connectivity index (χ4v) is 6.95. The number of hydrogen-bond acceptors (Lipinski definition) is 8. The van der Waals surface area contributed by atoms with Gasteiger partial charge in [-0.2, -0.15) is 0 Å². The standard InChI is InChI=1S/C33H44N4O6/c1-18-26-17-37(27(18)19(2)38)30(39)28(32(3,4)5)36-31(40)43-25-15-20(25)9-11-33(13-14-33)12-10-23-29(42-26)35-24-16-21(41-6)7-8-22(24)34-23/h7-8,16,18,20,25-28H,9-15,17H2,1-6H3,(H,36,40)/t18-,20-,25-,26+,27+,28-/m1/s1. The lowest BCUT2D eigenvalue weighted by Crippen LogP contribution is -2.57. The summed E-state index contributed by atoms with van der Waals surface area (Å²) in [7, 11) is 1.62. The van der Waals surface area contributed by atoms with Gasteiger partial charge in [0.1, 0.15) is 29.7 Å². The van der Waals surface area contributed by atoms with Crippen molar-refractivity contribution in [1.29, 1.82) is 0 Å². The van der Waals surface area contributed by atoms with Crippen LogP contribution in [0.4, 0.5) is 4.79 Å². The van der Waals surface area contributed by atoms with E-state index in [0.29, 0.717) is 23.1 Å². The molecule has 0 radical (unpaired) electrons. The molecule has 6 atom stereocenters. The highest BCUT2D eigenvalue weighted by molar-refractivity contribution is 5.92. The first-order valence-corrected chi connectivity index (χ1v) is 15.7. The number of methoxy groups -OCH3 is 1. The Labute approximate surface area is 253 Å². The number of carbonyl (C=O) groups excluding carboxylic acids is 3. The Morgan fingerprint density at radius 2 is 1.84 bits per heavy atom. The number of Topliss-reactive ketones (excluding diaryl/α,β-unsaturated/α-hetero) is 1. The number of ether oxygens (including phenoxy) is 3. The normalized spacial score (nSPS) is 30.7. The minimum absolute atomic E-state index is 0.116. The van der Waals surface area contributed by atoms with E-state index < -0.39 is 29.7 Å². The minimum atomic E-state index is -0.873. The molecular formula is C33H44N4O6. The molecular weight excluding hydrogens is 548 g/mol. The number of alkyl carbamates (subject to hydrolysis) is 1. The molecule has 1 saturated heterocycles. The van der Waals surface area contributed by atoms with Crippen molar-refractivity contribution in [3.8, 4) is 11.6 Å². The first kappa shape index (κ1) is 29.6. The summed E-state index contributed by atoms with van der Waals surface area (Å²) in [5.41, 5.74) is 1.90. The maximum atomic E-state index is 14.1. The number of carbonyl (C=O) groups is 3. The molecule has 43 heavy (non-hydrogen) atoms. The van der Waals surface area contributed by atoms with E-state index in [9.17, 15) is 14.4 Å². The van der Waals surface area contributed by atoms with Crippen molar-refractivity contribution in [2.45, 2.75) is 104 Å². The van der Waals surface area contributed by atoms with Gasteiger partial charge in [0.05, 0.1) is 30.7 Å². The zero-order chi connectivity index (χ0) is 30.7. The van der Waals surface area contributed by atoms with Crippen molar-refractivity contribution in [1.82, 2.24) is 20.2 Å². The van der Waals surface area contributed by atoms with E-state index in [2.05, 4.69) is 5.32 Å². The van der Waals surface area contributed by atoms with Gasteiger partial charge in [-0.25, -0.2) is 14.8 Å². The minimum Gasteiger partial charge on any atom is -0.497 e. The second-order valence-electron chi connectivity index (χ2n) is 14.3. The molecule has 0 unspecified atom stereocenters. The number of aromatic nitrogens is 2. The monoisotopic (exact) mass is 592 g/mol. The van der Waals surface area contributed by atoms with Gasteiger partial charge in [-0.05, 0) is 80.8 Å². The molecule has 10 heteroatoms. The van der Waals surface area contributed by atoms with Crippen LogP contribution < -0.4 is 14.8 Å². The molecule has 2 saturated carbocycles. The van der Waals surface area contributed by atoms with Crippen LogP contribution in [-0.4, -0.2) is 70.6 Å². The lowest BCUT2D eigenvalue weighted by atomic mass is 9.85. The van der Waals surface area contributed by atoms with E-state index in [4.69, 9.17) is 24.2 Å². The van der Waals surface area contributed by atoms with E-state index in [0.717, 1.165) is 43.3 Å². The van der Waals surface area contributed by atoms with Crippen LogP contribution in [0.3, 0.4) is 0 Å². The van der Waals surface area contributed by atoms with E-state index in [1.807, 2.05) is 45.9 Å². The van der Waals surface area contributed by atoms with Crippen molar-refractivity contribution in [2.75, 3.05) is 13.7 Å².